The second kappa shape index (κ2) is 7.77. The molecule has 0 aliphatic carbocycles. The number of esters is 1. The van der Waals surface area contributed by atoms with Crippen LogP contribution in [0.5, 0.6) is 0 Å². The first-order valence-corrected chi connectivity index (χ1v) is 7.80. The lowest BCUT2D eigenvalue weighted by molar-refractivity contribution is -0.140. The fourth-order valence-corrected chi connectivity index (χ4v) is 2.05. The molecule has 0 saturated carbocycles. The van der Waals surface area contributed by atoms with E-state index in [0.29, 0.717) is 18.2 Å². The van der Waals surface area contributed by atoms with Gasteiger partial charge in [-0.3, -0.25) is 0 Å². The predicted octanol–water partition coefficient (Wildman–Crippen LogP) is 4.03. The van der Waals surface area contributed by atoms with Crippen molar-refractivity contribution >= 4 is 11.9 Å². The minimum Gasteiger partial charge on any atom is -0.477 e. The first-order chi connectivity index (χ1) is 11.0. The van der Waals surface area contributed by atoms with Crippen molar-refractivity contribution in [1.29, 1.82) is 0 Å². The average Bonchev–Trinajstić information content (AvgIpc) is 2.95. The Balaban J connectivity index is 2.19. The molecule has 1 heterocycles. The van der Waals surface area contributed by atoms with E-state index in [1.165, 1.54) is 0 Å². The van der Waals surface area contributed by atoms with Gasteiger partial charge in [0.25, 0.3) is 0 Å². The first-order valence-electron chi connectivity index (χ1n) is 7.80. The molecule has 0 atom stereocenters. The van der Waals surface area contributed by atoms with Crippen molar-refractivity contribution in [2.45, 2.75) is 33.8 Å². The number of ether oxygens (including phenoxy) is 2. The van der Waals surface area contributed by atoms with Crippen LogP contribution in [0.15, 0.2) is 58.7 Å². The zero-order chi connectivity index (χ0) is 16.8. The lowest BCUT2D eigenvalue weighted by Gasteiger charge is -2.12. The summed E-state index contributed by atoms with van der Waals surface area (Å²) in [6, 6.07) is 9.58. The molecule has 1 aromatic carbocycles. The highest BCUT2D eigenvalue weighted by Crippen LogP contribution is 2.21. The van der Waals surface area contributed by atoms with Crippen LogP contribution in [0.2, 0.25) is 0 Å². The van der Waals surface area contributed by atoms with Gasteiger partial charge in [0.1, 0.15) is 6.61 Å². The molecule has 0 spiro atoms. The second-order valence-corrected chi connectivity index (χ2v) is 5.87. The summed E-state index contributed by atoms with van der Waals surface area (Å²) < 4.78 is 10.9. The van der Waals surface area contributed by atoms with E-state index in [1.54, 1.807) is 0 Å². The Kier molecular flexibility index (Phi) is 5.74. The molecule has 0 aromatic heterocycles. The van der Waals surface area contributed by atoms with Crippen LogP contribution in [-0.4, -0.2) is 18.5 Å². The van der Waals surface area contributed by atoms with E-state index in [2.05, 4.69) is 11.6 Å². The molecular formula is C19H23NO3. The van der Waals surface area contributed by atoms with E-state index in [4.69, 9.17) is 9.47 Å². The van der Waals surface area contributed by atoms with Crippen LogP contribution < -0.4 is 0 Å². The third-order valence-corrected chi connectivity index (χ3v) is 3.80. The summed E-state index contributed by atoms with van der Waals surface area (Å²) in [4.78, 5) is 16.9. The lowest BCUT2D eigenvalue weighted by Crippen LogP contribution is -2.12. The van der Waals surface area contributed by atoms with Gasteiger partial charge in [-0.25, -0.2) is 9.79 Å². The highest BCUT2D eigenvalue weighted by molar-refractivity contribution is 5.99. The molecule has 0 N–H and O–H groups in total. The molecule has 1 aliphatic rings. The molecule has 4 nitrogen and oxygen atoms in total. The summed E-state index contributed by atoms with van der Waals surface area (Å²) in [6.07, 6.45) is 0.742. The molecule has 2 rings (SSSR count). The number of rotatable bonds is 5. The van der Waals surface area contributed by atoms with E-state index < -0.39 is 5.97 Å². The quantitative estimate of drug-likeness (QED) is 0.609. The van der Waals surface area contributed by atoms with Crippen molar-refractivity contribution in [3.63, 3.8) is 0 Å². The van der Waals surface area contributed by atoms with E-state index in [0.717, 1.165) is 23.1 Å². The smallest absolute Gasteiger partial charge is 0.357 e. The average molecular weight is 313 g/mol. The zero-order valence-electron chi connectivity index (χ0n) is 14.0. The van der Waals surface area contributed by atoms with Gasteiger partial charge >= 0.3 is 5.97 Å². The minimum absolute atomic E-state index is 0.188. The van der Waals surface area contributed by atoms with Gasteiger partial charge in [0.05, 0.1) is 6.61 Å². The van der Waals surface area contributed by atoms with Gasteiger partial charge in [-0.1, -0.05) is 50.8 Å². The Bertz CT molecular complexity index is 642. The topological polar surface area (TPSA) is 47.9 Å². The maximum Gasteiger partial charge on any atom is 0.357 e. The van der Waals surface area contributed by atoms with Crippen LogP contribution in [0.3, 0.4) is 0 Å². The van der Waals surface area contributed by atoms with Crippen LogP contribution in [0.1, 0.15) is 32.8 Å². The summed E-state index contributed by atoms with van der Waals surface area (Å²) in [6.45, 7) is 10.6. The number of benzene rings is 1. The van der Waals surface area contributed by atoms with Crippen LogP contribution in [0, 0.1) is 5.92 Å². The molecule has 1 aromatic rings. The molecule has 23 heavy (non-hydrogen) atoms. The monoisotopic (exact) mass is 313 g/mol. The molecule has 1 aliphatic heterocycles. The van der Waals surface area contributed by atoms with Crippen LogP contribution in [0.25, 0.3) is 0 Å². The largest absolute Gasteiger partial charge is 0.477 e. The third-order valence-electron chi connectivity index (χ3n) is 3.80. The van der Waals surface area contributed by atoms with Gasteiger partial charge in [-0.05, 0) is 24.0 Å². The van der Waals surface area contributed by atoms with Crippen molar-refractivity contribution in [3.8, 4) is 0 Å². The Morgan fingerprint density at radius 2 is 2.04 bits per heavy atom. The molecule has 0 bridgehead atoms. The highest BCUT2D eigenvalue weighted by atomic mass is 16.5. The van der Waals surface area contributed by atoms with Gasteiger partial charge in [0, 0.05) is 12.0 Å². The molecule has 122 valence electrons. The minimum atomic E-state index is -0.434. The fourth-order valence-electron chi connectivity index (χ4n) is 2.05. The predicted molar refractivity (Wildman–Crippen MR) is 90.9 cm³/mol. The maximum absolute atomic E-state index is 12.5. The van der Waals surface area contributed by atoms with E-state index in [9.17, 15) is 4.79 Å². The normalized spacial score (nSPS) is 17.2. The number of aliphatic imine (C=N–C) groups is 1. The van der Waals surface area contributed by atoms with Gasteiger partial charge in [0.2, 0.25) is 5.90 Å². The van der Waals surface area contributed by atoms with Crippen LogP contribution in [-0.2, 0) is 20.9 Å². The lowest BCUT2D eigenvalue weighted by atomic mass is 10.0. The second-order valence-electron chi connectivity index (χ2n) is 5.87. The van der Waals surface area contributed by atoms with Crippen molar-refractivity contribution in [3.05, 3.63) is 59.3 Å². The van der Waals surface area contributed by atoms with E-state index in [1.807, 2.05) is 51.1 Å². The summed E-state index contributed by atoms with van der Waals surface area (Å²) in [5.74, 6) is 0.195. The Morgan fingerprint density at radius 1 is 1.35 bits per heavy atom. The highest BCUT2D eigenvalue weighted by Gasteiger charge is 2.21. The van der Waals surface area contributed by atoms with E-state index in [-0.39, 0.29) is 12.5 Å². The summed E-state index contributed by atoms with van der Waals surface area (Å²) in [5, 5.41) is 0. The molecule has 1 saturated heterocycles. The summed E-state index contributed by atoms with van der Waals surface area (Å²) >= 11 is 0. The van der Waals surface area contributed by atoms with Crippen molar-refractivity contribution in [2.24, 2.45) is 10.9 Å². The molecular weight excluding hydrogens is 290 g/mol. The Morgan fingerprint density at radius 3 is 2.61 bits per heavy atom. The number of allylic oxidation sites excluding steroid dienone is 1. The Labute approximate surface area is 137 Å². The summed E-state index contributed by atoms with van der Waals surface area (Å²) in [7, 11) is 0. The van der Waals surface area contributed by atoms with Crippen LogP contribution >= 0.6 is 0 Å². The number of nitrogens with zero attached hydrogens (tertiary/aromatic N) is 1. The maximum atomic E-state index is 12.5. The first kappa shape index (κ1) is 17.0. The van der Waals surface area contributed by atoms with Gasteiger partial charge in [-0.15, -0.1) is 0 Å². The summed E-state index contributed by atoms with van der Waals surface area (Å²) in [5.41, 5.74) is 2.94. The third kappa shape index (κ3) is 4.55. The number of hydrogen-bond acceptors (Lipinski definition) is 4. The molecule has 0 radical (unpaired) electrons. The molecule has 4 heteroatoms. The van der Waals surface area contributed by atoms with Gasteiger partial charge < -0.3 is 9.47 Å². The van der Waals surface area contributed by atoms with E-state index >= 15 is 0 Å². The van der Waals surface area contributed by atoms with Gasteiger partial charge in [-0.2, -0.15) is 0 Å². The molecule has 0 amide bonds. The van der Waals surface area contributed by atoms with Crippen LogP contribution in [0.4, 0.5) is 0 Å². The van der Waals surface area contributed by atoms with Crippen molar-refractivity contribution < 1.29 is 14.3 Å². The molecule has 0 unspecified atom stereocenters. The number of hydrogen-bond donors (Lipinski definition) is 0. The standard InChI is InChI=1S/C19H23NO3/c1-13(2)15(4)17(20-18-14(3)10-11-22-18)19(21)23-12-16-8-6-5-7-9-16/h5-9,13H,3,10-12H2,1-2,4H3/b17-15+,20-18?. The van der Waals surface area contributed by atoms with Crippen molar-refractivity contribution in [2.75, 3.05) is 6.61 Å². The zero-order valence-corrected chi connectivity index (χ0v) is 14.0. The molecule has 1 fully saturated rings. The van der Waals surface area contributed by atoms with Crippen molar-refractivity contribution in [1.82, 2.24) is 0 Å². The number of carbonyl (C=O) groups excluding carboxylic acids is 1. The fraction of sp³-hybridized carbons (Fsp3) is 0.368. The Hall–Kier alpha value is -2.36. The SMILES string of the molecule is C=C1CCOC1=N/C(C(=O)OCc1ccccc1)=C(\C)C(C)C. The number of carbonyl (C=O) groups is 1. The van der Waals surface area contributed by atoms with Gasteiger partial charge in [0.15, 0.2) is 5.70 Å².